The van der Waals surface area contributed by atoms with Crippen molar-refractivity contribution in [3.05, 3.63) is 40.8 Å². The van der Waals surface area contributed by atoms with Gasteiger partial charge < -0.3 is 10.8 Å². The number of phenols is 1. The zero-order valence-electron chi connectivity index (χ0n) is 8.63. The molecule has 15 heavy (non-hydrogen) atoms. The zero-order valence-corrected chi connectivity index (χ0v) is 8.63. The van der Waals surface area contributed by atoms with Crippen LogP contribution in [0.4, 0.5) is 4.39 Å². The van der Waals surface area contributed by atoms with Crippen molar-refractivity contribution >= 4 is 0 Å². The number of hydrogen-bond acceptors (Lipinski definition) is 2. The van der Waals surface area contributed by atoms with Crippen LogP contribution in [-0.4, -0.2) is 5.11 Å². The fourth-order valence-electron chi connectivity index (χ4n) is 2.08. The molecule has 2 nitrogen and oxygen atoms in total. The number of rotatable bonds is 0. The standard InChI is InChI=1S/C12H14FNO/c1-7-2-3-8(14)6-9-10(13)4-5-11(15)12(7)9/h3-5,7,15H,2,6,14H2,1H3. The predicted octanol–water partition coefficient (Wildman–Crippen LogP) is 2.42. The molecule has 0 bridgehead atoms. The van der Waals surface area contributed by atoms with Gasteiger partial charge in [-0.3, -0.25) is 0 Å². The molecule has 0 saturated carbocycles. The van der Waals surface area contributed by atoms with Crippen LogP contribution < -0.4 is 5.73 Å². The highest BCUT2D eigenvalue weighted by atomic mass is 19.1. The summed E-state index contributed by atoms with van der Waals surface area (Å²) in [7, 11) is 0. The quantitative estimate of drug-likeness (QED) is 0.686. The molecule has 0 radical (unpaired) electrons. The van der Waals surface area contributed by atoms with Gasteiger partial charge in [-0.1, -0.05) is 13.0 Å². The first-order chi connectivity index (χ1) is 7.09. The van der Waals surface area contributed by atoms with E-state index >= 15 is 0 Å². The summed E-state index contributed by atoms with van der Waals surface area (Å²) < 4.78 is 13.6. The Bertz CT molecular complexity index is 426. The van der Waals surface area contributed by atoms with E-state index < -0.39 is 0 Å². The summed E-state index contributed by atoms with van der Waals surface area (Å²) in [6, 6.07) is 2.70. The fourth-order valence-corrected chi connectivity index (χ4v) is 2.08. The average Bonchev–Trinajstić information content (AvgIpc) is 2.34. The van der Waals surface area contributed by atoms with Crippen molar-refractivity contribution in [2.24, 2.45) is 5.73 Å². The average molecular weight is 207 g/mol. The van der Waals surface area contributed by atoms with Gasteiger partial charge in [-0.25, -0.2) is 4.39 Å². The van der Waals surface area contributed by atoms with Crippen molar-refractivity contribution < 1.29 is 9.50 Å². The maximum atomic E-state index is 13.6. The number of benzene rings is 1. The van der Waals surface area contributed by atoms with Crippen molar-refractivity contribution in [2.45, 2.75) is 25.7 Å². The lowest BCUT2D eigenvalue weighted by molar-refractivity contribution is 0.458. The Morgan fingerprint density at radius 1 is 1.47 bits per heavy atom. The molecule has 0 amide bonds. The van der Waals surface area contributed by atoms with Crippen LogP contribution in [-0.2, 0) is 6.42 Å². The summed E-state index contributed by atoms with van der Waals surface area (Å²) in [6.07, 6.45) is 3.04. The Labute approximate surface area is 88.2 Å². The number of allylic oxidation sites excluding steroid dienone is 2. The number of halogens is 1. The molecule has 0 heterocycles. The topological polar surface area (TPSA) is 46.2 Å². The van der Waals surface area contributed by atoms with Gasteiger partial charge in [-0.05, 0) is 24.5 Å². The van der Waals surface area contributed by atoms with Gasteiger partial charge in [-0.2, -0.15) is 0 Å². The molecule has 3 heteroatoms. The Kier molecular flexibility index (Phi) is 2.39. The van der Waals surface area contributed by atoms with E-state index in [9.17, 15) is 9.50 Å². The smallest absolute Gasteiger partial charge is 0.127 e. The highest BCUT2D eigenvalue weighted by Gasteiger charge is 2.21. The summed E-state index contributed by atoms with van der Waals surface area (Å²) >= 11 is 0. The highest BCUT2D eigenvalue weighted by molar-refractivity contribution is 5.45. The van der Waals surface area contributed by atoms with E-state index in [2.05, 4.69) is 0 Å². The number of hydrogen-bond donors (Lipinski definition) is 2. The van der Waals surface area contributed by atoms with Crippen LogP contribution in [0, 0.1) is 5.82 Å². The number of nitrogens with two attached hydrogens (primary N) is 1. The highest BCUT2D eigenvalue weighted by Crippen LogP contribution is 2.36. The van der Waals surface area contributed by atoms with Crippen LogP contribution in [0.15, 0.2) is 23.9 Å². The van der Waals surface area contributed by atoms with Gasteiger partial charge >= 0.3 is 0 Å². The lowest BCUT2D eigenvalue weighted by atomic mass is 9.92. The molecule has 0 fully saturated rings. The van der Waals surface area contributed by atoms with Crippen LogP contribution in [0.2, 0.25) is 0 Å². The molecule has 1 aliphatic rings. The molecule has 0 aromatic heterocycles. The van der Waals surface area contributed by atoms with Crippen molar-refractivity contribution in [1.29, 1.82) is 0 Å². The van der Waals surface area contributed by atoms with Gasteiger partial charge in [0.1, 0.15) is 11.6 Å². The first kappa shape index (κ1) is 10.0. The van der Waals surface area contributed by atoms with Gasteiger partial charge in [0.2, 0.25) is 0 Å². The Morgan fingerprint density at radius 3 is 2.93 bits per heavy atom. The van der Waals surface area contributed by atoms with Gasteiger partial charge in [0, 0.05) is 23.2 Å². The molecule has 0 spiro atoms. The third kappa shape index (κ3) is 1.69. The minimum Gasteiger partial charge on any atom is -0.508 e. The molecule has 80 valence electrons. The molecule has 1 unspecified atom stereocenters. The predicted molar refractivity (Wildman–Crippen MR) is 57.1 cm³/mol. The molecular formula is C12H14FNO. The summed E-state index contributed by atoms with van der Waals surface area (Å²) in [6.45, 7) is 1.97. The van der Waals surface area contributed by atoms with Crippen LogP contribution in [0.3, 0.4) is 0 Å². The second-order valence-corrected chi connectivity index (χ2v) is 4.05. The van der Waals surface area contributed by atoms with Crippen molar-refractivity contribution in [3.8, 4) is 5.75 Å². The lowest BCUT2D eigenvalue weighted by Gasteiger charge is -2.14. The molecule has 1 aliphatic carbocycles. The Hall–Kier alpha value is -1.51. The Balaban J connectivity index is 2.61. The first-order valence-electron chi connectivity index (χ1n) is 5.04. The molecule has 1 aromatic carbocycles. The van der Waals surface area contributed by atoms with Crippen molar-refractivity contribution in [2.75, 3.05) is 0 Å². The van der Waals surface area contributed by atoms with Gasteiger partial charge in [-0.15, -0.1) is 0 Å². The van der Waals surface area contributed by atoms with E-state index in [4.69, 9.17) is 5.73 Å². The zero-order chi connectivity index (χ0) is 11.0. The van der Waals surface area contributed by atoms with E-state index in [1.54, 1.807) is 0 Å². The number of phenolic OH excluding ortho intramolecular Hbond substituents is 1. The van der Waals surface area contributed by atoms with Gasteiger partial charge in [0.15, 0.2) is 0 Å². The number of fused-ring (bicyclic) bond motifs is 1. The summed E-state index contributed by atoms with van der Waals surface area (Å²) in [4.78, 5) is 0. The molecule has 1 aromatic rings. The minimum absolute atomic E-state index is 0.108. The fraction of sp³-hybridized carbons (Fsp3) is 0.333. The van der Waals surface area contributed by atoms with Crippen molar-refractivity contribution in [1.82, 2.24) is 0 Å². The van der Waals surface area contributed by atoms with E-state index in [0.29, 0.717) is 23.2 Å². The summed E-state index contributed by atoms with van der Waals surface area (Å²) in [5.41, 5.74) is 7.65. The van der Waals surface area contributed by atoms with E-state index in [0.717, 1.165) is 6.42 Å². The van der Waals surface area contributed by atoms with Crippen molar-refractivity contribution in [3.63, 3.8) is 0 Å². The third-order valence-corrected chi connectivity index (χ3v) is 2.88. The van der Waals surface area contributed by atoms with Crippen LogP contribution in [0.25, 0.3) is 0 Å². The molecule has 3 N–H and O–H groups in total. The second kappa shape index (κ2) is 3.57. The third-order valence-electron chi connectivity index (χ3n) is 2.88. The maximum Gasteiger partial charge on any atom is 0.127 e. The van der Waals surface area contributed by atoms with Crippen LogP contribution in [0.5, 0.6) is 5.75 Å². The lowest BCUT2D eigenvalue weighted by Crippen LogP contribution is -2.04. The van der Waals surface area contributed by atoms with Gasteiger partial charge in [0.05, 0.1) is 0 Å². The van der Waals surface area contributed by atoms with E-state index in [1.165, 1.54) is 12.1 Å². The number of aromatic hydroxyl groups is 1. The largest absolute Gasteiger partial charge is 0.508 e. The van der Waals surface area contributed by atoms with Crippen LogP contribution in [0.1, 0.15) is 30.4 Å². The Morgan fingerprint density at radius 2 is 2.20 bits per heavy atom. The summed E-state index contributed by atoms with van der Waals surface area (Å²) in [5.74, 6) is -0.00773. The molecule has 2 rings (SSSR count). The minimum atomic E-state index is -0.284. The van der Waals surface area contributed by atoms with E-state index in [-0.39, 0.29) is 17.5 Å². The molecule has 0 aliphatic heterocycles. The molecule has 0 saturated heterocycles. The second-order valence-electron chi connectivity index (χ2n) is 4.05. The van der Waals surface area contributed by atoms with Gasteiger partial charge in [0.25, 0.3) is 0 Å². The summed E-state index contributed by atoms with van der Waals surface area (Å²) in [5, 5.41) is 9.73. The first-order valence-corrected chi connectivity index (χ1v) is 5.04. The normalized spacial score (nSPS) is 20.4. The SMILES string of the molecule is CC1CC=C(N)Cc2c(F)ccc(O)c21. The monoisotopic (exact) mass is 207 g/mol. The maximum absolute atomic E-state index is 13.6. The van der Waals surface area contributed by atoms with E-state index in [1.807, 2.05) is 13.0 Å². The molecular weight excluding hydrogens is 193 g/mol. The van der Waals surface area contributed by atoms with Crippen LogP contribution >= 0.6 is 0 Å². The molecule has 1 atom stereocenters.